The first-order chi connectivity index (χ1) is 7.74. The van der Waals surface area contributed by atoms with Crippen LogP contribution in [0, 0.1) is 0 Å². The summed E-state index contributed by atoms with van der Waals surface area (Å²) in [5.41, 5.74) is 2.39. The molecule has 92 valence electrons. The summed E-state index contributed by atoms with van der Waals surface area (Å²) in [5, 5.41) is 3.25. The molecule has 1 aromatic rings. The number of aromatic nitrogens is 2. The van der Waals surface area contributed by atoms with Gasteiger partial charge in [0.05, 0.1) is 0 Å². The largest absolute Gasteiger partial charge is 0.299 e. The maximum absolute atomic E-state index is 12.0. The predicted octanol–water partition coefficient (Wildman–Crippen LogP) is 2.88. The molecule has 16 heavy (non-hydrogen) atoms. The lowest BCUT2D eigenvalue weighted by atomic mass is 10.1. The van der Waals surface area contributed by atoms with E-state index in [2.05, 4.69) is 18.9 Å². The second-order valence-electron chi connectivity index (χ2n) is 4.33. The van der Waals surface area contributed by atoms with Crippen LogP contribution in [0.15, 0.2) is 4.79 Å². The average Bonchev–Trinajstić information content (AvgIpc) is 2.60. The monoisotopic (exact) mass is 224 g/mol. The molecule has 3 nitrogen and oxygen atoms in total. The van der Waals surface area contributed by atoms with Gasteiger partial charge in [0.1, 0.15) is 0 Å². The van der Waals surface area contributed by atoms with Crippen molar-refractivity contribution in [1.82, 2.24) is 9.78 Å². The van der Waals surface area contributed by atoms with E-state index in [1.807, 2.05) is 6.92 Å². The van der Waals surface area contributed by atoms with Crippen molar-refractivity contribution in [3.8, 4) is 0 Å². The molecule has 0 amide bonds. The van der Waals surface area contributed by atoms with E-state index in [0.29, 0.717) is 0 Å². The number of unbranched alkanes of at least 4 members (excludes halogenated alkanes) is 2. The summed E-state index contributed by atoms with van der Waals surface area (Å²) < 4.78 is 1.73. The van der Waals surface area contributed by atoms with Crippen molar-refractivity contribution < 1.29 is 0 Å². The first kappa shape index (κ1) is 13.1. The minimum absolute atomic E-state index is 0.196. The van der Waals surface area contributed by atoms with Gasteiger partial charge in [-0.3, -0.25) is 14.6 Å². The number of hydrogen-bond donors (Lipinski definition) is 1. The number of aryl methyl sites for hydroxylation is 2. The Hall–Kier alpha value is -0.990. The van der Waals surface area contributed by atoms with Gasteiger partial charge in [-0.2, -0.15) is 0 Å². The summed E-state index contributed by atoms with van der Waals surface area (Å²) in [4.78, 5) is 12.0. The molecule has 0 aromatic carbocycles. The fraction of sp³-hybridized carbons (Fsp3) is 0.769. The standard InChI is InChI=1S/C13H24N2O/c1-4-7-9-11-12(10-8-5-2)14-15(6-3)13(11)16/h14H,4-10H2,1-3H3. The van der Waals surface area contributed by atoms with Gasteiger partial charge in [-0.1, -0.05) is 26.7 Å². The molecule has 0 unspecified atom stereocenters. The van der Waals surface area contributed by atoms with Gasteiger partial charge in [0.2, 0.25) is 0 Å². The molecule has 0 saturated carbocycles. The Kier molecular flexibility index (Phi) is 5.36. The zero-order valence-electron chi connectivity index (χ0n) is 10.8. The van der Waals surface area contributed by atoms with Gasteiger partial charge in [0, 0.05) is 17.8 Å². The molecule has 0 aliphatic heterocycles. The van der Waals surface area contributed by atoms with Crippen LogP contribution in [-0.4, -0.2) is 9.78 Å². The highest BCUT2D eigenvalue weighted by Gasteiger charge is 2.11. The molecule has 0 radical (unpaired) electrons. The summed E-state index contributed by atoms with van der Waals surface area (Å²) in [6.07, 6.45) is 6.52. The van der Waals surface area contributed by atoms with Gasteiger partial charge in [0.25, 0.3) is 5.56 Å². The van der Waals surface area contributed by atoms with Gasteiger partial charge in [-0.25, -0.2) is 0 Å². The van der Waals surface area contributed by atoms with E-state index in [1.54, 1.807) is 4.68 Å². The van der Waals surface area contributed by atoms with Crippen LogP contribution in [0.3, 0.4) is 0 Å². The van der Waals surface area contributed by atoms with Crippen LogP contribution in [-0.2, 0) is 19.4 Å². The number of nitrogens with zero attached hydrogens (tertiary/aromatic N) is 1. The molecule has 0 saturated heterocycles. The number of H-pyrrole nitrogens is 1. The predicted molar refractivity (Wildman–Crippen MR) is 68.0 cm³/mol. The van der Waals surface area contributed by atoms with Crippen molar-refractivity contribution in [2.45, 2.75) is 65.8 Å². The zero-order valence-corrected chi connectivity index (χ0v) is 10.8. The van der Waals surface area contributed by atoms with E-state index in [-0.39, 0.29) is 5.56 Å². The van der Waals surface area contributed by atoms with E-state index >= 15 is 0 Å². The smallest absolute Gasteiger partial charge is 0.269 e. The van der Waals surface area contributed by atoms with E-state index in [1.165, 1.54) is 12.1 Å². The highest BCUT2D eigenvalue weighted by Crippen LogP contribution is 2.09. The molecule has 0 atom stereocenters. The fourth-order valence-electron chi connectivity index (χ4n) is 1.97. The number of rotatable bonds is 7. The first-order valence-electron chi connectivity index (χ1n) is 6.55. The quantitative estimate of drug-likeness (QED) is 0.759. The molecule has 1 heterocycles. The molecule has 0 fully saturated rings. The van der Waals surface area contributed by atoms with Crippen molar-refractivity contribution in [3.05, 3.63) is 21.6 Å². The lowest BCUT2D eigenvalue weighted by Gasteiger charge is -2.00. The number of nitrogens with one attached hydrogen (secondary N) is 1. The zero-order chi connectivity index (χ0) is 12.0. The van der Waals surface area contributed by atoms with Crippen molar-refractivity contribution in [3.63, 3.8) is 0 Å². The van der Waals surface area contributed by atoms with Crippen LogP contribution in [0.1, 0.15) is 57.7 Å². The highest BCUT2D eigenvalue weighted by atomic mass is 16.1. The van der Waals surface area contributed by atoms with Crippen molar-refractivity contribution in [2.75, 3.05) is 0 Å². The third-order valence-corrected chi connectivity index (χ3v) is 3.01. The van der Waals surface area contributed by atoms with E-state index in [0.717, 1.165) is 44.2 Å². The molecule has 1 N–H and O–H groups in total. The van der Waals surface area contributed by atoms with E-state index < -0.39 is 0 Å². The Morgan fingerprint density at radius 1 is 1.06 bits per heavy atom. The third kappa shape index (κ3) is 3.00. The number of aromatic amines is 1. The topological polar surface area (TPSA) is 37.8 Å². The molecule has 0 bridgehead atoms. The summed E-state index contributed by atoms with van der Waals surface area (Å²) >= 11 is 0. The molecule has 3 heteroatoms. The normalized spacial score (nSPS) is 10.9. The first-order valence-corrected chi connectivity index (χ1v) is 6.55. The maximum atomic E-state index is 12.0. The van der Waals surface area contributed by atoms with Gasteiger partial charge < -0.3 is 0 Å². The summed E-state index contributed by atoms with van der Waals surface area (Å²) in [6, 6.07) is 0. The van der Waals surface area contributed by atoms with E-state index in [4.69, 9.17) is 0 Å². The van der Waals surface area contributed by atoms with Crippen LogP contribution in [0.25, 0.3) is 0 Å². The van der Waals surface area contributed by atoms with Crippen LogP contribution >= 0.6 is 0 Å². The third-order valence-electron chi connectivity index (χ3n) is 3.01. The SMILES string of the molecule is CCCCc1[nH]n(CC)c(=O)c1CCCC. The summed E-state index contributed by atoms with van der Waals surface area (Å²) in [5.74, 6) is 0. The van der Waals surface area contributed by atoms with Gasteiger partial charge >= 0.3 is 0 Å². The summed E-state index contributed by atoms with van der Waals surface area (Å²) in [6.45, 7) is 7.09. The Balaban J connectivity index is 2.90. The minimum Gasteiger partial charge on any atom is -0.299 e. The molecular weight excluding hydrogens is 200 g/mol. The molecule has 1 rings (SSSR count). The Labute approximate surface area is 97.8 Å². The van der Waals surface area contributed by atoms with Crippen molar-refractivity contribution in [2.24, 2.45) is 0 Å². The summed E-state index contributed by atoms with van der Waals surface area (Å²) in [7, 11) is 0. The average molecular weight is 224 g/mol. The van der Waals surface area contributed by atoms with Crippen LogP contribution in [0.5, 0.6) is 0 Å². The molecule has 1 aromatic heterocycles. The number of hydrogen-bond acceptors (Lipinski definition) is 1. The fourth-order valence-corrected chi connectivity index (χ4v) is 1.97. The Bertz CT molecular complexity index is 362. The molecular formula is C13H24N2O. The van der Waals surface area contributed by atoms with Gasteiger partial charge in [0.15, 0.2) is 0 Å². The lowest BCUT2D eigenvalue weighted by Crippen LogP contribution is -2.17. The van der Waals surface area contributed by atoms with Crippen molar-refractivity contribution in [1.29, 1.82) is 0 Å². The molecule has 0 aliphatic rings. The van der Waals surface area contributed by atoms with Crippen LogP contribution < -0.4 is 5.56 Å². The Morgan fingerprint density at radius 3 is 2.25 bits per heavy atom. The van der Waals surface area contributed by atoms with Crippen LogP contribution in [0.2, 0.25) is 0 Å². The molecule has 0 aliphatic carbocycles. The van der Waals surface area contributed by atoms with Crippen LogP contribution in [0.4, 0.5) is 0 Å². The van der Waals surface area contributed by atoms with Gasteiger partial charge in [-0.05, 0) is 32.6 Å². The minimum atomic E-state index is 0.196. The maximum Gasteiger partial charge on any atom is 0.269 e. The Morgan fingerprint density at radius 2 is 1.69 bits per heavy atom. The molecule has 0 spiro atoms. The lowest BCUT2D eigenvalue weighted by molar-refractivity contribution is 0.621. The van der Waals surface area contributed by atoms with Crippen molar-refractivity contribution >= 4 is 0 Å². The van der Waals surface area contributed by atoms with E-state index in [9.17, 15) is 4.79 Å². The van der Waals surface area contributed by atoms with Gasteiger partial charge in [-0.15, -0.1) is 0 Å². The second kappa shape index (κ2) is 6.56. The highest BCUT2D eigenvalue weighted by molar-refractivity contribution is 5.17. The second-order valence-corrected chi connectivity index (χ2v) is 4.33.